The normalized spacial score (nSPS) is 15.5. The van der Waals surface area contributed by atoms with E-state index in [0.29, 0.717) is 45.9 Å². The van der Waals surface area contributed by atoms with Gasteiger partial charge in [0.15, 0.2) is 11.5 Å². The van der Waals surface area contributed by atoms with Gasteiger partial charge in [0, 0.05) is 30.1 Å². The van der Waals surface area contributed by atoms with E-state index in [0.717, 1.165) is 5.69 Å². The van der Waals surface area contributed by atoms with Crippen molar-refractivity contribution in [2.24, 2.45) is 0 Å². The van der Waals surface area contributed by atoms with Crippen LogP contribution in [-0.2, 0) is 4.79 Å². The quantitative estimate of drug-likeness (QED) is 0.584. The third kappa shape index (κ3) is 4.22. The molecule has 9 nitrogen and oxygen atoms in total. The summed E-state index contributed by atoms with van der Waals surface area (Å²) in [6.45, 7) is 0.526. The van der Waals surface area contributed by atoms with E-state index in [4.69, 9.17) is 14.2 Å². The van der Waals surface area contributed by atoms with Crippen LogP contribution in [0.25, 0.3) is 0 Å². The van der Waals surface area contributed by atoms with Crippen molar-refractivity contribution in [3.05, 3.63) is 53.0 Å². The molecule has 1 N–H and O–H groups in total. The third-order valence-corrected chi connectivity index (χ3v) is 6.13. The van der Waals surface area contributed by atoms with Crippen LogP contribution in [0.3, 0.4) is 0 Å². The molecule has 1 aliphatic rings. The molecule has 2 heterocycles. The lowest BCUT2D eigenvalue weighted by Crippen LogP contribution is -2.24. The molecule has 4 rings (SSSR count). The molecule has 32 heavy (non-hydrogen) atoms. The highest BCUT2D eigenvalue weighted by Gasteiger charge is 2.34. The zero-order chi connectivity index (χ0) is 22.7. The average molecular weight is 455 g/mol. The molecule has 0 unspecified atom stereocenters. The smallest absolute Gasteiger partial charge is 0.257 e. The number of nitrogens with one attached hydrogen (secondary N) is 1. The van der Waals surface area contributed by atoms with Crippen LogP contribution in [0.5, 0.6) is 17.2 Å². The Labute approximate surface area is 188 Å². The highest BCUT2D eigenvalue weighted by atomic mass is 32.1. The molecule has 2 aromatic carbocycles. The van der Waals surface area contributed by atoms with E-state index in [-0.39, 0.29) is 17.7 Å². The first-order valence-corrected chi connectivity index (χ1v) is 10.7. The molecule has 1 aliphatic heterocycles. The Hall–Kier alpha value is -3.66. The van der Waals surface area contributed by atoms with E-state index in [1.807, 2.05) is 30.3 Å². The SMILES string of the molecule is COc1cc(C(=O)Nc2nnc([C@H]3CC(=O)N(c4ccccc4)C3)s2)cc(OC)c1OC. The van der Waals surface area contributed by atoms with E-state index >= 15 is 0 Å². The molecular formula is C22H22N4O5S. The third-order valence-electron chi connectivity index (χ3n) is 5.13. The van der Waals surface area contributed by atoms with Crippen molar-refractivity contribution in [3.63, 3.8) is 0 Å². The van der Waals surface area contributed by atoms with Crippen molar-refractivity contribution in [2.45, 2.75) is 12.3 Å². The van der Waals surface area contributed by atoms with Crippen LogP contribution < -0.4 is 24.4 Å². The van der Waals surface area contributed by atoms with Gasteiger partial charge in [-0.1, -0.05) is 29.5 Å². The summed E-state index contributed by atoms with van der Waals surface area (Å²) in [6, 6.07) is 12.6. The van der Waals surface area contributed by atoms with Crippen molar-refractivity contribution in [2.75, 3.05) is 38.1 Å². The number of hydrogen-bond donors (Lipinski definition) is 1. The van der Waals surface area contributed by atoms with Crippen molar-refractivity contribution in [1.82, 2.24) is 10.2 Å². The van der Waals surface area contributed by atoms with Gasteiger partial charge in [0.1, 0.15) is 5.01 Å². The van der Waals surface area contributed by atoms with Crippen LogP contribution in [0.4, 0.5) is 10.8 Å². The van der Waals surface area contributed by atoms with Crippen LogP contribution in [0.2, 0.25) is 0 Å². The van der Waals surface area contributed by atoms with Crippen LogP contribution >= 0.6 is 11.3 Å². The van der Waals surface area contributed by atoms with Crippen LogP contribution in [0, 0.1) is 0 Å². The average Bonchev–Trinajstić information content (AvgIpc) is 3.44. The summed E-state index contributed by atoms with van der Waals surface area (Å²) >= 11 is 1.26. The molecule has 0 aliphatic carbocycles. The Morgan fingerprint density at radius 2 is 1.75 bits per heavy atom. The molecule has 1 fully saturated rings. The number of hydrogen-bond acceptors (Lipinski definition) is 8. The molecule has 10 heteroatoms. The van der Waals surface area contributed by atoms with E-state index in [1.54, 1.807) is 17.0 Å². The van der Waals surface area contributed by atoms with Gasteiger partial charge >= 0.3 is 0 Å². The number of carbonyl (C=O) groups excluding carboxylic acids is 2. The molecule has 1 aromatic heterocycles. The van der Waals surface area contributed by atoms with Gasteiger partial charge < -0.3 is 19.1 Å². The molecule has 0 saturated carbocycles. The predicted octanol–water partition coefficient (Wildman–Crippen LogP) is 3.34. The molecular weight excluding hydrogens is 432 g/mol. The number of rotatable bonds is 7. The number of methoxy groups -OCH3 is 3. The standard InChI is InChI=1S/C22H22N4O5S/c1-29-16-9-13(10-17(30-2)19(16)31-3)20(28)23-22-25-24-21(32-22)14-11-18(27)26(12-14)15-7-5-4-6-8-15/h4-10,14H,11-12H2,1-3H3,(H,23,25,28)/t14-/m0/s1. The van der Waals surface area contributed by atoms with Crippen molar-refractivity contribution in [1.29, 1.82) is 0 Å². The summed E-state index contributed by atoms with van der Waals surface area (Å²) < 4.78 is 15.9. The Bertz CT molecular complexity index is 1110. The Balaban J connectivity index is 1.48. The first-order valence-electron chi connectivity index (χ1n) is 9.84. The maximum absolute atomic E-state index is 12.8. The molecule has 0 radical (unpaired) electrons. The van der Waals surface area contributed by atoms with Gasteiger partial charge in [-0.3, -0.25) is 14.9 Å². The number of benzene rings is 2. The van der Waals surface area contributed by atoms with Gasteiger partial charge in [0.05, 0.1) is 21.3 Å². The summed E-state index contributed by atoms with van der Waals surface area (Å²) in [5, 5.41) is 12.1. The van der Waals surface area contributed by atoms with E-state index < -0.39 is 0 Å². The number of aromatic nitrogens is 2. The number of nitrogens with zero attached hydrogens (tertiary/aromatic N) is 3. The Morgan fingerprint density at radius 3 is 2.38 bits per heavy atom. The second-order valence-electron chi connectivity index (χ2n) is 7.05. The fourth-order valence-electron chi connectivity index (χ4n) is 3.56. The minimum atomic E-state index is -0.389. The van der Waals surface area contributed by atoms with Crippen molar-refractivity contribution >= 4 is 34.0 Å². The van der Waals surface area contributed by atoms with Gasteiger partial charge in [0.25, 0.3) is 5.91 Å². The second kappa shape index (κ2) is 9.23. The number of carbonyl (C=O) groups is 2. The fourth-order valence-corrected chi connectivity index (χ4v) is 4.39. The number of ether oxygens (including phenoxy) is 3. The van der Waals surface area contributed by atoms with Crippen LogP contribution in [-0.4, -0.2) is 49.9 Å². The predicted molar refractivity (Wildman–Crippen MR) is 120 cm³/mol. The van der Waals surface area contributed by atoms with E-state index in [2.05, 4.69) is 15.5 Å². The highest BCUT2D eigenvalue weighted by molar-refractivity contribution is 7.15. The molecule has 1 saturated heterocycles. The van der Waals surface area contributed by atoms with Gasteiger partial charge in [-0.2, -0.15) is 0 Å². The minimum absolute atomic E-state index is 0.0411. The zero-order valence-corrected chi connectivity index (χ0v) is 18.6. The van der Waals surface area contributed by atoms with E-state index in [9.17, 15) is 9.59 Å². The number of amides is 2. The van der Waals surface area contributed by atoms with Crippen molar-refractivity contribution < 1.29 is 23.8 Å². The molecule has 1 atom stereocenters. The summed E-state index contributed by atoms with van der Waals surface area (Å²) in [5.74, 6) is 0.728. The molecule has 3 aromatic rings. The summed E-state index contributed by atoms with van der Waals surface area (Å²) in [5.41, 5.74) is 1.18. The minimum Gasteiger partial charge on any atom is -0.493 e. The van der Waals surface area contributed by atoms with Gasteiger partial charge in [-0.15, -0.1) is 10.2 Å². The highest BCUT2D eigenvalue weighted by Crippen LogP contribution is 2.39. The number of anilines is 2. The van der Waals surface area contributed by atoms with E-state index in [1.165, 1.54) is 32.7 Å². The molecule has 0 spiro atoms. The fraction of sp³-hybridized carbons (Fsp3) is 0.273. The maximum atomic E-state index is 12.8. The van der Waals surface area contributed by atoms with Gasteiger partial charge in [0.2, 0.25) is 16.8 Å². The number of para-hydroxylation sites is 1. The monoisotopic (exact) mass is 454 g/mol. The largest absolute Gasteiger partial charge is 0.493 e. The van der Waals surface area contributed by atoms with Crippen LogP contribution in [0.1, 0.15) is 27.7 Å². The lowest BCUT2D eigenvalue weighted by atomic mass is 10.1. The van der Waals surface area contributed by atoms with Crippen LogP contribution in [0.15, 0.2) is 42.5 Å². The summed E-state index contributed by atoms with van der Waals surface area (Å²) in [4.78, 5) is 27.0. The lowest BCUT2D eigenvalue weighted by Gasteiger charge is -2.15. The maximum Gasteiger partial charge on any atom is 0.257 e. The second-order valence-corrected chi connectivity index (χ2v) is 8.06. The lowest BCUT2D eigenvalue weighted by molar-refractivity contribution is -0.117. The Morgan fingerprint density at radius 1 is 1.06 bits per heavy atom. The van der Waals surface area contributed by atoms with Crippen molar-refractivity contribution in [3.8, 4) is 17.2 Å². The molecule has 0 bridgehead atoms. The molecule has 166 valence electrons. The topological polar surface area (TPSA) is 103 Å². The van der Waals surface area contributed by atoms with Gasteiger partial charge in [-0.05, 0) is 24.3 Å². The summed E-state index contributed by atoms with van der Waals surface area (Å²) in [7, 11) is 4.46. The Kier molecular flexibility index (Phi) is 6.22. The summed E-state index contributed by atoms with van der Waals surface area (Å²) in [6.07, 6.45) is 0.352. The van der Waals surface area contributed by atoms with Gasteiger partial charge in [-0.25, -0.2) is 0 Å². The first-order chi connectivity index (χ1) is 15.5. The molecule has 2 amide bonds. The zero-order valence-electron chi connectivity index (χ0n) is 17.8. The first kappa shape index (κ1) is 21.6.